The molecule has 0 aliphatic heterocycles. The molecule has 0 aliphatic carbocycles. The van der Waals surface area contributed by atoms with Crippen molar-refractivity contribution in [2.75, 3.05) is 12.4 Å². The van der Waals surface area contributed by atoms with Crippen molar-refractivity contribution in [1.82, 2.24) is 4.98 Å². The molecule has 2 aromatic carbocycles. The second-order valence-corrected chi connectivity index (χ2v) is 4.61. The minimum atomic E-state index is 0.848. The molecule has 2 N–H and O–H groups in total. The first kappa shape index (κ1) is 11.7. The van der Waals surface area contributed by atoms with Gasteiger partial charge in [0.2, 0.25) is 0 Å². The number of fused-ring (bicyclic) bond motifs is 1. The lowest BCUT2D eigenvalue weighted by atomic mass is 10.1. The smallest absolute Gasteiger partial charge is 0.120 e. The van der Waals surface area contributed by atoms with Crippen LogP contribution in [-0.2, 0) is 0 Å². The molecule has 0 saturated heterocycles. The Bertz CT molecular complexity index is 716. The summed E-state index contributed by atoms with van der Waals surface area (Å²) in [4.78, 5) is 3.28. The van der Waals surface area contributed by atoms with Crippen molar-refractivity contribution >= 4 is 22.3 Å². The summed E-state index contributed by atoms with van der Waals surface area (Å²) in [5.74, 6) is 0.848. The van der Waals surface area contributed by atoms with E-state index in [2.05, 4.69) is 35.4 Å². The first-order chi connectivity index (χ1) is 9.26. The van der Waals surface area contributed by atoms with E-state index in [1.807, 2.05) is 30.5 Å². The Morgan fingerprint density at radius 1 is 1.11 bits per heavy atom. The first-order valence-electron chi connectivity index (χ1n) is 6.25. The topological polar surface area (TPSA) is 37.0 Å². The Kier molecular flexibility index (Phi) is 2.88. The summed E-state index contributed by atoms with van der Waals surface area (Å²) in [7, 11) is 1.67. The minimum Gasteiger partial charge on any atom is -0.497 e. The van der Waals surface area contributed by atoms with E-state index >= 15 is 0 Å². The van der Waals surface area contributed by atoms with Gasteiger partial charge in [-0.15, -0.1) is 0 Å². The summed E-state index contributed by atoms with van der Waals surface area (Å²) in [6.45, 7) is 2.09. The van der Waals surface area contributed by atoms with Crippen molar-refractivity contribution < 1.29 is 4.74 Å². The third-order valence-electron chi connectivity index (χ3n) is 3.19. The number of aryl methyl sites for hydroxylation is 1. The molecule has 3 rings (SSSR count). The summed E-state index contributed by atoms with van der Waals surface area (Å²) in [5.41, 5.74) is 4.48. The van der Waals surface area contributed by atoms with Crippen LogP contribution in [0.5, 0.6) is 5.75 Å². The van der Waals surface area contributed by atoms with Crippen LogP contribution >= 0.6 is 0 Å². The van der Waals surface area contributed by atoms with E-state index in [9.17, 15) is 0 Å². The van der Waals surface area contributed by atoms with Crippen LogP contribution in [0.15, 0.2) is 48.7 Å². The van der Waals surface area contributed by atoms with Gasteiger partial charge < -0.3 is 15.0 Å². The molecule has 1 aromatic heterocycles. The number of nitrogens with one attached hydrogen (secondary N) is 2. The van der Waals surface area contributed by atoms with Crippen molar-refractivity contribution in [2.45, 2.75) is 6.92 Å². The molecule has 0 amide bonds. The van der Waals surface area contributed by atoms with Gasteiger partial charge in [-0.2, -0.15) is 0 Å². The fourth-order valence-electron chi connectivity index (χ4n) is 2.20. The second-order valence-electron chi connectivity index (χ2n) is 4.61. The molecule has 0 aliphatic rings. The predicted octanol–water partition coefficient (Wildman–Crippen LogP) is 4.23. The van der Waals surface area contributed by atoms with Crippen molar-refractivity contribution in [1.29, 1.82) is 0 Å². The average Bonchev–Trinajstić information content (AvgIpc) is 2.81. The van der Waals surface area contributed by atoms with Crippen LogP contribution in [0.4, 0.5) is 11.4 Å². The van der Waals surface area contributed by atoms with Crippen LogP contribution in [0.2, 0.25) is 0 Å². The molecule has 0 bridgehead atoms. The number of ether oxygens (including phenoxy) is 1. The van der Waals surface area contributed by atoms with E-state index in [0.717, 1.165) is 22.6 Å². The molecular formula is C16H16N2O. The third kappa shape index (κ3) is 2.27. The normalized spacial score (nSPS) is 10.6. The molecule has 0 atom stereocenters. The van der Waals surface area contributed by atoms with Gasteiger partial charge in [-0.1, -0.05) is 18.2 Å². The van der Waals surface area contributed by atoms with Crippen molar-refractivity contribution in [3.63, 3.8) is 0 Å². The quantitative estimate of drug-likeness (QED) is 0.732. The Morgan fingerprint density at radius 3 is 2.84 bits per heavy atom. The van der Waals surface area contributed by atoms with Crippen molar-refractivity contribution in [3.8, 4) is 5.75 Å². The number of aromatic nitrogens is 1. The summed E-state index contributed by atoms with van der Waals surface area (Å²) < 4.78 is 5.23. The summed E-state index contributed by atoms with van der Waals surface area (Å²) in [5, 5.41) is 4.60. The molecule has 0 saturated carbocycles. The monoisotopic (exact) mass is 252 g/mol. The van der Waals surface area contributed by atoms with Gasteiger partial charge in [0.05, 0.1) is 12.8 Å². The highest BCUT2D eigenvalue weighted by Gasteiger charge is 2.04. The van der Waals surface area contributed by atoms with Gasteiger partial charge >= 0.3 is 0 Å². The third-order valence-corrected chi connectivity index (χ3v) is 3.19. The Hall–Kier alpha value is -2.42. The fourth-order valence-corrected chi connectivity index (χ4v) is 2.20. The number of hydrogen-bond acceptors (Lipinski definition) is 2. The Balaban J connectivity index is 1.96. The maximum Gasteiger partial charge on any atom is 0.120 e. The molecule has 1 heterocycles. The van der Waals surface area contributed by atoms with Gasteiger partial charge in [0.25, 0.3) is 0 Å². The van der Waals surface area contributed by atoms with E-state index in [4.69, 9.17) is 4.74 Å². The van der Waals surface area contributed by atoms with Gasteiger partial charge in [0.1, 0.15) is 5.75 Å². The second kappa shape index (κ2) is 4.69. The van der Waals surface area contributed by atoms with E-state index in [1.54, 1.807) is 7.11 Å². The summed E-state index contributed by atoms with van der Waals surface area (Å²) >= 11 is 0. The molecule has 0 radical (unpaired) electrons. The number of benzene rings is 2. The average molecular weight is 252 g/mol. The molecule has 0 unspecified atom stereocenters. The lowest BCUT2D eigenvalue weighted by Crippen LogP contribution is -1.90. The SMILES string of the molecule is COc1cccc(Nc2c[nH]c3cc(C)ccc23)c1. The van der Waals surface area contributed by atoms with Crippen LogP contribution in [0.3, 0.4) is 0 Å². The number of methoxy groups -OCH3 is 1. The van der Waals surface area contributed by atoms with Gasteiger partial charge in [0, 0.05) is 28.9 Å². The summed E-state index contributed by atoms with van der Waals surface area (Å²) in [6.07, 6.45) is 1.99. The lowest BCUT2D eigenvalue weighted by Gasteiger charge is -2.07. The maximum absolute atomic E-state index is 5.23. The fraction of sp³-hybridized carbons (Fsp3) is 0.125. The zero-order valence-electron chi connectivity index (χ0n) is 11.0. The largest absolute Gasteiger partial charge is 0.497 e. The first-order valence-corrected chi connectivity index (χ1v) is 6.25. The van der Waals surface area contributed by atoms with E-state index < -0.39 is 0 Å². The van der Waals surface area contributed by atoms with Crippen molar-refractivity contribution in [2.24, 2.45) is 0 Å². The molecule has 3 nitrogen and oxygen atoms in total. The molecule has 0 fully saturated rings. The zero-order valence-corrected chi connectivity index (χ0v) is 11.0. The molecule has 19 heavy (non-hydrogen) atoms. The van der Waals surface area contributed by atoms with Crippen LogP contribution in [-0.4, -0.2) is 12.1 Å². The highest BCUT2D eigenvalue weighted by molar-refractivity contribution is 5.94. The van der Waals surface area contributed by atoms with E-state index in [0.29, 0.717) is 0 Å². The molecular weight excluding hydrogens is 236 g/mol. The minimum absolute atomic E-state index is 0.848. The zero-order chi connectivity index (χ0) is 13.2. The molecule has 3 heteroatoms. The van der Waals surface area contributed by atoms with Crippen LogP contribution in [0.1, 0.15) is 5.56 Å². The highest BCUT2D eigenvalue weighted by Crippen LogP contribution is 2.28. The number of aromatic amines is 1. The van der Waals surface area contributed by atoms with E-state index in [1.165, 1.54) is 10.9 Å². The number of hydrogen-bond donors (Lipinski definition) is 2. The molecule has 96 valence electrons. The standard InChI is InChI=1S/C16H16N2O/c1-11-6-7-14-15(8-11)17-10-16(14)18-12-4-3-5-13(9-12)19-2/h3-10,17-18H,1-2H3. The van der Waals surface area contributed by atoms with Crippen LogP contribution in [0, 0.1) is 6.92 Å². The predicted molar refractivity (Wildman–Crippen MR) is 79.3 cm³/mol. The van der Waals surface area contributed by atoms with E-state index in [-0.39, 0.29) is 0 Å². The number of rotatable bonds is 3. The molecule has 3 aromatic rings. The van der Waals surface area contributed by atoms with Crippen LogP contribution in [0.25, 0.3) is 10.9 Å². The highest BCUT2D eigenvalue weighted by atomic mass is 16.5. The van der Waals surface area contributed by atoms with Gasteiger partial charge in [-0.25, -0.2) is 0 Å². The van der Waals surface area contributed by atoms with Gasteiger partial charge in [-0.3, -0.25) is 0 Å². The van der Waals surface area contributed by atoms with Crippen molar-refractivity contribution in [3.05, 3.63) is 54.2 Å². The number of H-pyrrole nitrogens is 1. The van der Waals surface area contributed by atoms with Gasteiger partial charge in [0.15, 0.2) is 0 Å². The maximum atomic E-state index is 5.23. The van der Waals surface area contributed by atoms with Crippen LogP contribution < -0.4 is 10.1 Å². The van der Waals surface area contributed by atoms with Gasteiger partial charge in [-0.05, 0) is 30.7 Å². The summed E-state index contributed by atoms with van der Waals surface area (Å²) in [6, 6.07) is 14.3. The Labute approximate surface area is 112 Å². The number of anilines is 2. The lowest BCUT2D eigenvalue weighted by molar-refractivity contribution is 0.415. The molecule has 0 spiro atoms. The Morgan fingerprint density at radius 2 is 2.00 bits per heavy atom.